The van der Waals surface area contributed by atoms with Crippen molar-refractivity contribution >= 4 is 5.91 Å². The Morgan fingerprint density at radius 3 is 2.92 bits per heavy atom. The molecule has 5 nitrogen and oxygen atoms in total. The molecule has 1 atom stereocenters. The molecule has 0 aromatic carbocycles. The zero-order chi connectivity index (χ0) is 16.9. The van der Waals surface area contributed by atoms with Crippen LogP contribution in [0, 0.1) is 5.92 Å². The smallest absolute Gasteiger partial charge is 0.223 e. The summed E-state index contributed by atoms with van der Waals surface area (Å²) in [7, 11) is 0. The highest BCUT2D eigenvalue weighted by Crippen LogP contribution is 2.21. The van der Waals surface area contributed by atoms with Crippen molar-refractivity contribution in [1.29, 1.82) is 0 Å². The van der Waals surface area contributed by atoms with Crippen LogP contribution in [-0.4, -0.2) is 51.4 Å². The van der Waals surface area contributed by atoms with Crippen LogP contribution in [0.4, 0.5) is 0 Å². The van der Waals surface area contributed by atoms with Gasteiger partial charge in [0.05, 0.1) is 6.54 Å². The van der Waals surface area contributed by atoms with Crippen molar-refractivity contribution in [2.24, 2.45) is 5.92 Å². The van der Waals surface area contributed by atoms with Gasteiger partial charge < -0.3 is 9.47 Å². The molecule has 0 spiro atoms. The Kier molecular flexibility index (Phi) is 5.72. The predicted octanol–water partition coefficient (Wildman–Crippen LogP) is 2.85. The summed E-state index contributed by atoms with van der Waals surface area (Å²) in [6.45, 7) is 8.97. The second-order valence-electron chi connectivity index (χ2n) is 7.32. The number of rotatable bonds is 5. The third-order valence-corrected chi connectivity index (χ3v) is 5.16. The highest BCUT2D eigenvalue weighted by atomic mass is 16.2. The monoisotopic (exact) mass is 330 g/mol. The van der Waals surface area contributed by atoms with Crippen molar-refractivity contribution in [3.8, 4) is 0 Å². The molecule has 0 saturated carbocycles. The van der Waals surface area contributed by atoms with E-state index in [-0.39, 0.29) is 0 Å². The number of hydrogen-bond donors (Lipinski definition) is 0. The summed E-state index contributed by atoms with van der Waals surface area (Å²) in [6, 6.07) is 0.437. The molecular weight excluding hydrogens is 300 g/mol. The summed E-state index contributed by atoms with van der Waals surface area (Å²) >= 11 is 0. The second-order valence-corrected chi connectivity index (χ2v) is 7.32. The maximum atomic E-state index is 12.5. The van der Waals surface area contributed by atoms with E-state index in [1.165, 1.54) is 0 Å². The average Bonchev–Trinajstić information content (AvgIpc) is 3.16. The Balaban J connectivity index is 1.52. The Morgan fingerprint density at radius 2 is 2.17 bits per heavy atom. The minimum absolute atomic E-state index is 0.331. The summed E-state index contributed by atoms with van der Waals surface area (Å²) in [5.74, 6) is 1.92. The van der Waals surface area contributed by atoms with Gasteiger partial charge in [-0.15, -0.1) is 0 Å². The molecule has 24 heavy (non-hydrogen) atoms. The third-order valence-electron chi connectivity index (χ3n) is 5.16. The first-order valence-electron chi connectivity index (χ1n) is 9.32. The molecule has 2 heterocycles. The van der Waals surface area contributed by atoms with Crippen LogP contribution in [0.25, 0.3) is 0 Å². The summed E-state index contributed by atoms with van der Waals surface area (Å²) in [5.41, 5.74) is 0. The lowest BCUT2D eigenvalue weighted by molar-refractivity contribution is -0.131. The van der Waals surface area contributed by atoms with E-state index in [1.54, 1.807) is 0 Å². The fraction of sp³-hybridized carbons (Fsp3) is 0.684. The van der Waals surface area contributed by atoms with Gasteiger partial charge in [-0.2, -0.15) is 0 Å². The SMILES string of the molecule is CC(C)n1ccnc1CN1CCCN(C(=O)C[C@H]2C=CCC2)CC1. The number of imidazole rings is 1. The number of aromatic nitrogens is 2. The van der Waals surface area contributed by atoms with Gasteiger partial charge in [0.15, 0.2) is 0 Å². The molecule has 1 aliphatic heterocycles. The van der Waals surface area contributed by atoms with Crippen LogP contribution in [0.15, 0.2) is 24.5 Å². The Morgan fingerprint density at radius 1 is 1.29 bits per heavy atom. The molecule has 2 aliphatic rings. The molecule has 1 fully saturated rings. The van der Waals surface area contributed by atoms with Gasteiger partial charge in [0.2, 0.25) is 5.91 Å². The molecule has 5 heteroatoms. The quantitative estimate of drug-likeness (QED) is 0.780. The number of carbonyl (C=O) groups is 1. The minimum Gasteiger partial charge on any atom is -0.341 e. The maximum Gasteiger partial charge on any atom is 0.223 e. The molecule has 1 saturated heterocycles. The van der Waals surface area contributed by atoms with E-state index in [4.69, 9.17) is 0 Å². The number of amides is 1. The number of hydrogen-bond acceptors (Lipinski definition) is 3. The van der Waals surface area contributed by atoms with Gasteiger partial charge in [-0.3, -0.25) is 9.69 Å². The lowest BCUT2D eigenvalue weighted by Crippen LogP contribution is -2.36. The normalized spacial score (nSPS) is 22.3. The van der Waals surface area contributed by atoms with E-state index in [2.05, 4.69) is 51.5 Å². The maximum absolute atomic E-state index is 12.5. The first kappa shape index (κ1) is 17.2. The van der Waals surface area contributed by atoms with Crippen LogP contribution in [-0.2, 0) is 11.3 Å². The van der Waals surface area contributed by atoms with E-state index in [0.717, 1.165) is 57.8 Å². The van der Waals surface area contributed by atoms with Gasteiger partial charge >= 0.3 is 0 Å². The summed E-state index contributed by atoms with van der Waals surface area (Å²) in [6.07, 6.45) is 12.4. The molecule has 1 amide bonds. The third kappa shape index (κ3) is 4.26. The molecule has 0 radical (unpaired) electrons. The second kappa shape index (κ2) is 7.97. The predicted molar refractivity (Wildman–Crippen MR) is 95.6 cm³/mol. The highest BCUT2D eigenvalue weighted by Gasteiger charge is 2.22. The number of nitrogens with zero attached hydrogens (tertiary/aromatic N) is 4. The number of allylic oxidation sites excluding steroid dienone is 2. The van der Waals surface area contributed by atoms with Gasteiger partial charge in [-0.25, -0.2) is 4.98 Å². The van der Waals surface area contributed by atoms with Crippen molar-refractivity contribution in [1.82, 2.24) is 19.4 Å². The van der Waals surface area contributed by atoms with Crippen LogP contribution in [0.1, 0.15) is 51.4 Å². The Hall–Kier alpha value is -1.62. The highest BCUT2D eigenvalue weighted by molar-refractivity contribution is 5.76. The van der Waals surface area contributed by atoms with Crippen molar-refractivity contribution in [3.05, 3.63) is 30.4 Å². The van der Waals surface area contributed by atoms with Gasteiger partial charge in [-0.1, -0.05) is 12.2 Å². The molecular formula is C19H30N4O. The first-order chi connectivity index (χ1) is 11.6. The van der Waals surface area contributed by atoms with E-state index in [0.29, 0.717) is 24.3 Å². The molecule has 1 aromatic heterocycles. The molecule has 0 bridgehead atoms. The summed E-state index contributed by atoms with van der Waals surface area (Å²) in [4.78, 5) is 21.6. The first-order valence-corrected chi connectivity index (χ1v) is 9.32. The van der Waals surface area contributed by atoms with Crippen LogP contribution >= 0.6 is 0 Å². The van der Waals surface area contributed by atoms with Gasteiger partial charge in [0.1, 0.15) is 5.82 Å². The lowest BCUT2D eigenvalue weighted by atomic mass is 10.0. The topological polar surface area (TPSA) is 41.4 Å². The van der Waals surface area contributed by atoms with Gasteiger partial charge in [0.25, 0.3) is 0 Å². The van der Waals surface area contributed by atoms with E-state index < -0.39 is 0 Å². The zero-order valence-corrected chi connectivity index (χ0v) is 15.0. The lowest BCUT2D eigenvalue weighted by Gasteiger charge is -2.23. The van der Waals surface area contributed by atoms with E-state index >= 15 is 0 Å². The van der Waals surface area contributed by atoms with Gasteiger partial charge in [0, 0.05) is 51.0 Å². The fourth-order valence-electron chi connectivity index (χ4n) is 3.73. The average molecular weight is 330 g/mol. The van der Waals surface area contributed by atoms with E-state index in [1.807, 2.05) is 6.20 Å². The van der Waals surface area contributed by atoms with Crippen molar-refractivity contribution in [3.63, 3.8) is 0 Å². The largest absolute Gasteiger partial charge is 0.341 e. The molecule has 0 unspecified atom stereocenters. The van der Waals surface area contributed by atoms with Crippen molar-refractivity contribution in [2.75, 3.05) is 26.2 Å². The molecule has 1 aliphatic carbocycles. The summed E-state index contributed by atoms with van der Waals surface area (Å²) in [5, 5.41) is 0. The van der Waals surface area contributed by atoms with E-state index in [9.17, 15) is 4.79 Å². The molecule has 0 N–H and O–H groups in total. The van der Waals surface area contributed by atoms with Crippen LogP contribution in [0.2, 0.25) is 0 Å². The Bertz CT molecular complexity index is 578. The number of carbonyl (C=O) groups excluding carboxylic acids is 1. The van der Waals surface area contributed by atoms with Crippen molar-refractivity contribution in [2.45, 2.75) is 52.1 Å². The van der Waals surface area contributed by atoms with Crippen LogP contribution in [0.3, 0.4) is 0 Å². The van der Waals surface area contributed by atoms with Crippen LogP contribution in [0.5, 0.6) is 0 Å². The standard InChI is InChI=1S/C19H30N4O/c1-16(2)23-11-8-20-18(23)15-21-9-5-10-22(13-12-21)19(24)14-17-6-3-4-7-17/h3,6,8,11,16-17H,4-5,7,9-10,12-15H2,1-2H3/t17-/m0/s1. The van der Waals surface area contributed by atoms with Crippen molar-refractivity contribution < 1.29 is 4.79 Å². The molecule has 132 valence electrons. The zero-order valence-electron chi connectivity index (χ0n) is 15.0. The molecule has 3 rings (SSSR count). The molecule has 1 aromatic rings. The summed E-state index contributed by atoms with van der Waals surface area (Å²) < 4.78 is 2.24. The van der Waals surface area contributed by atoms with Crippen LogP contribution < -0.4 is 0 Å². The van der Waals surface area contributed by atoms with Gasteiger partial charge in [-0.05, 0) is 39.0 Å². The minimum atomic E-state index is 0.331. The fourth-order valence-corrected chi connectivity index (χ4v) is 3.73. The Labute approximate surface area is 145 Å².